The van der Waals surface area contributed by atoms with Gasteiger partial charge in [0.2, 0.25) is 0 Å². The number of ether oxygens (including phenoxy) is 2. The van der Waals surface area contributed by atoms with Crippen molar-refractivity contribution in [1.82, 2.24) is 0 Å². The van der Waals surface area contributed by atoms with Crippen molar-refractivity contribution in [3.63, 3.8) is 0 Å². The van der Waals surface area contributed by atoms with Crippen molar-refractivity contribution in [2.75, 3.05) is 13.7 Å². The van der Waals surface area contributed by atoms with E-state index in [4.69, 9.17) is 15.2 Å². The van der Waals surface area contributed by atoms with E-state index in [0.29, 0.717) is 23.5 Å². The van der Waals surface area contributed by atoms with Crippen LogP contribution in [0.5, 0.6) is 11.5 Å². The van der Waals surface area contributed by atoms with Gasteiger partial charge in [-0.05, 0) is 48.2 Å². The average molecular weight is 303 g/mol. The predicted molar refractivity (Wildman–Crippen MR) is 81.6 cm³/mol. The van der Waals surface area contributed by atoms with Crippen molar-refractivity contribution in [3.05, 3.63) is 58.9 Å². The van der Waals surface area contributed by atoms with Gasteiger partial charge in [0.25, 0.3) is 5.91 Å². The summed E-state index contributed by atoms with van der Waals surface area (Å²) in [6.07, 6.45) is 0.646. The van der Waals surface area contributed by atoms with Gasteiger partial charge >= 0.3 is 0 Å². The number of benzene rings is 2. The number of carbonyl (C=O) groups is 1. The maximum Gasteiger partial charge on any atom is 0.255 e. The fraction of sp³-hybridized carbons (Fsp3) is 0.235. The van der Waals surface area contributed by atoms with Gasteiger partial charge in [-0.1, -0.05) is 18.2 Å². The Labute approximate surface area is 128 Å². The minimum absolute atomic E-state index is 0.202. The van der Waals surface area contributed by atoms with Crippen LogP contribution in [0, 0.1) is 12.7 Å². The summed E-state index contributed by atoms with van der Waals surface area (Å²) in [7, 11) is 1.53. The molecule has 116 valence electrons. The number of hydrogen-bond donors (Lipinski definition) is 1. The maximum absolute atomic E-state index is 13.3. The van der Waals surface area contributed by atoms with E-state index < -0.39 is 5.91 Å². The molecule has 0 unspecified atom stereocenters. The quantitative estimate of drug-likeness (QED) is 0.892. The Balaban J connectivity index is 2.18. The molecule has 2 aromatic rings. The molecule has 0 saturated carbocycles. The van der Waals surface area contributed by atoms with Crippen molar-refractivity contribution in [3.8, 4) is 11.5 Å². The van der Waals surface area contributed by atoms with E-state index in [-0.39, 0.29) is 12.4 Å². The molecule has 0 aromatic heterocycles. The number of primary amides is 1. The topological polar surface area (TPSA) is 61.6 Å². The second kappa shape index (κ2) is 6.93. The lowest BCUT2D eigenvalue weighted by Gasteiger charge is -2.11. The van der Waals surface area contributed by atoms with Gasteiger partial charge in [0.15, 0.2) is 18.1 Å². The van der Waals surface area contributed by atoms with Crippen LogP contribution in [0.25, 0.3) is 0 Å². The molecule has 0 radical (unpaired) electrons. The van der Waals surface area contributed by atoms with Crippen LogP contribution in [-0.2, 0) is 11.2 Å². The van der Waals surface area contributed by atoms with E-state index in [0.717, 1.165) is 11.1 Å². The van der Waals surface area contributed by atoms with Crippen LogP contribution in [0.15, 0.2) is 36.4 Å². The van der Waals surface area contributed by atoms with Crippen LogP contribution in [0.3, 0.4) is 0 Å². The van der Waals surface area contributed by atoms with Crippen molar-refractivity contribution in [2.24, 2.45) is 5.73 Å². The van der Waals surface area contributed by atoms with E-state index >= 15 is 0 Å². The monoisotopic (exact) mass is 303 g/mol. The SMILES string of the molecule is COc1cc(Cc2ccc(F)c(C)c2)ccc1OCC(N)=O. The summed E-state index contributed by atoms with van der Waals surface area (Å²) in [6.45, 7) is 1.53. The summed E-state index contributed by atoms with van der Waals surface area (Å²) >= 11 is 0. The number of nitrogens with two attached hydrogens (primary N) is 1. The highest BCUT2D eigenvalue weighted by molar-refractivity contribution is 5.75. The molecule has 0 aliphatic carbocycles. The molecule has 0 saturated heterocycles. The van der Waals surface area contributed by atoms with Gasteiger partial charge in [0.1, 0.15) is 5.82 Å². The van der Waals surface area contributed by atoms with E-state index in [9.17, 15) is 9.18 Å². The first kappa shape index (κ1) is 15.8. The summed E-state index contributed by atoms with van der Waals surface area (Å²) in [5.41, 5.74) is 7.67. The molecule has 0 aliphatic heterocycles. The highest BCUT2D eigenvalue weighted by Gasteiger charge is 2.08. The third-order valence-corrected chi connectivity index (χ3v) is 3.23. The highest BCUT2D eigenvalue weighted by Crippen LogP contribution is 2.29. The van der Waals surface area contributed by atoms with E-state index in [1.165, 1.54) is 13.2 Å². The molecule has 0 aliphatic rings. The van der Waals surface area contributed by atoms with Crippen molar-refractivity contribution in [2.45, 2.75) is 13.3 Å². The van der Waals surface area contributed by atoms with Crippen LogP contribution in [0.4, 0.5) is 4.39 Å². The molecule has 2 aromatic carbocycles. The van der Waals surface area contributed by atoms with E-state index in [2.05, 4.69) is 0 Å². The molecule has 2 rings (SSSR count). The standard InChI is InChI=1S/C17H18FNO3/c1-11-7-12(3-5-14(11)18)8-13-4-6-15(16(9-13)21-2)22-10-17(19)20/h3-7,9H,8,10H2,1-2H3,(H2,19,20). The zero-order valence-corrected chi connectivity index (χ0v) is 12.6. The first-order valence-electron chi connectivity index (χ1n) is 6.82. The Morgan fingerprint density at radius 2 is 1.82 bits per heavy atom. The second-order valence-electron chi connectivity index (χ2n) is 5.00. The van der Waals surface area contributed by atoms with Crippen LogP contribution in [0.2, 0.25) is 0 Å². The summed E-state index contributed by atoms with van der Waals surface area (Å²) in [5.74, 6) is 0.224. The Morgan fingerprint density at radius 3 is 2.45 bits per heavy atom. The molecular formula is C17H18FNO3. The lowest BCUT2D eigenvalue weighted by atomic mass is 10.0. The molecule has 0 spiro atoms. The van der Waals surface area contributed by atoms with Crippen molar-refractivity contribution in [1.29, 1.82) is 0 Å². The lowest BCUT2D eigenvalue weighted by Crippen LogP contribution is -2.20. The zero-order valence-electron chi connectivity index (χ0n) is 12.6. The Morgan fingerprint density at radius 1 is 1.14 bits per heavy atom. The Hall–Kier alpha value is -2.56. The first-order valence-corrected chi connectivity index (χ1v) is 6.82. The summed E-state index contributed by atoms with van der Waals surface area (Å²) in [5, 5.41) is 0. The van der Waals surface area contributed by atoms with E-state index in [1.54, 1.807) is 19.1 Å². The van der Waals surface area contributed by atoms with Gasteiger partial charge in [0, 0.05) is 0 Å². The third-order valence-electron chi connectivity index (χ3n) is 3.23. The third kappa shape index (κ3) is 3.97. The second-order valence-corrected chi connectivity index (χ2v) is 5.00. The zero-order chi connectivity index (χ0) is 16.1. The maximum atomic E-state index is 13.3. The Kier molecular flexibility index (Phi) is 4.99. The van der Waals surface area contributed by atoms with Gasteiger partial charge < -0.3 is 15.2 Å². The molecule has 1 amide bonds. The van der Waals surface area contributed by atoms with Crippen LogP contribution in [-0.4, -0.2) is 19.6 Å². The van der Waals surface area contributed by atoms with E-state index in [1.807, 2.05) is 18.2 Å². The molecule has 4 nitrogen and oxygen atoms in total. The summed E-state index contributed by atoms with van der Waals surface area (Å²) < 4.78 is 23.8. The fourth-order valence-corrected chi connectivity index (χ4v) is 2.14. The van der Waals surface area contributed by atoms with Crippen LogP contribution < -0.4 is 15.2 Å². The minimum atomic E-state index is -0.548. The lowest BCUT2D eigenvalue weighted by molar-refractivity contribution is -0.119. The van der Waals surface area contributed by atoms with Gasteiger partial charge in [-0.3, -0.25) is 4.79 Å². The number of halogens is 1. The normalized spacial score (nSPS) is 10.3. The fourth-order valence-electron chi connectivity index (χ4n) is 2.14. The number of methoxy groups -OCH3 is 1. The summed E-state index contributed by atoms with van der Waals surface area (Å²) in [4.78, 5) is 10.8. The number of hydrogen-bond acceptors (Lipinski definition) is 3. The number of rotatable bonds is 6. The van der Waals surface area contributed by atoms with Gasteiger partial charge in [0.05, 0.1) is 7.11 Å². The number of carbonyl (C=O) groups excluding carboxylic acids is 1. The molecule has 0 heterocycles. The van der Waals surface area contributed by atoms with Gasteiger partial charge in [-0.2, -0.15) is 0 Å². The highest BCUT2D eigenvalue weighted by atomic mass is 19.1. The number of aryl methyl sites for hydroxylation is 1. The molecule has 0 atom stereocenters. The van der Waals surface area contributed by atoms with Crippen molar-refractivity contribution >= 4 is 5.91 Å². The van der Waals surface area contributed by atoms with Crippen LogP contribution >= 0.6 is 0 Å². The largest absolute Gasteiger partial charge is 0.493 e. The molecule has 22 heavy (non-hydrogen) atoms. The van der Waals surface area contributed by atoms with Crippen LogP contribution in [0.1, 0.15) is 16.7 Å². The molecule has 0 fully saturated rings. The predicted octanol–water partition coefficient (Wildman–Crippen LogP) is 2.60. The average Bonchev–Trinajstić information content (AvgIpc) is 2.49. The molecule has 2 N–H and O–H groups in total. The molecule has 5 heteroatoms. The first-order chi connectivity index (χ1) is 10.5. The Bertz CT molecular complexity index is 686. The molecular weight excluding hydrogens is 285 g/mol. The minimum Gasteiger partial charge on any atom is -0.493 e. The smallest absolute Gasteiger partial charge is 0.255 e. The van der Waals surface area contributed by atoms with Gasteiger partial charge in [-0.25, -0.2) is 4.39 Å². The molecule has 0 bridgehead atoms. The van der Waals surface area contributed by atoms with Crippen molar-refractivity contribution < 1.29 is 18.7 Å². The summed E-state index contributed by atoms with van der Waals surface area (Å²) in [6, 6.07) is 10.5. The van der Waals surface area contributed by atoms with Gasteiger partial charge in [-0.15, -0.1) is 0 Å². The number of amides is 1.